The molecule has 0 bridgehead atoms. The van der Waals surface area contributed by atoms with Crippen LogP contribution >= 0.6 is 35.6 Å². The molecule has 0 aliphatic carbocycles. The lowest BCUT2D eigenvalue weighted by atomic mass is 10.1. The molecule has 0 saturated carbocycles. The van der Waals surface area contributed by atoms with Crippen molar-refractivity contribution in [3.05, 3.63) is 69.6 Å². The van der Waals surface area contributed by atoms with Gasteiger partial charge in [-0.2, -0.15) is 0 Å². The Labute approximate surface area is 147 Å². The molecule has 2 aromatic rings. The molecule has 2 aromatic carbocycles. The van der Waals surface area contributed by atoms with Crippen molar-refractivity contribution in [2.24, 2.45) is 0 Å². The van der Waals surface area contributed by atoms with Crippen molar-refractivity contribution >= 4 is 63.9 Å². The van der Waals surface area contributed by atoms with Gasteiger partial charge in [0.15, 0.2) is 4.32 Å². The third kappa shape index (κ3) is 3.37. The van der Waals surface area contributed by atoms with Crippen LogP contribution in [-0.2, 0) is 4.79 Å². The van der Waals surface area contributed by atoms with Gasteiger partial charge in [0.05, 0.1) is 10.6 Å². The first-order valence-electron chi connectivity index (χ1n) is 6.67. The van der Waals surface area contributed by atoms with E-state index in [4.69, 9.17) is 23.8 Å². The van der Waals surface area contributed by atoms with Crippen LogP contribution in [0.1, 0.15) is 15.9 Å². The fraction of sp³-hybridized carbons (Fsp3) is 0. The Bertz CT molecular complexity index is 813. The van der Waals surface area contributed by atoms with Crippen molar-refractivity contribution in [2.45, 2.75) is 0 Å². The van der Waals surface area contributed by atoms with Crippen LogP contribution < -0.4 is 4.90 Å². The zero-order chi connectivity index (χ0) is 16.4. The van der Waals surface area contributed by atoms with E-state index in [1.807, 2.05) is 0 Å². The summed E-state index contributed by atoms with van der Waals surface area (Å²) in [5, 5.41) is 0.602. The number of carbonyl (C=O) groups is 2. The number of thiocarbonyl (C=S) groups is 1. The lowest BCUT2D eigenvalue weighted by molar-refractivity contribution is -0.113. The van der Waals surface area contributed by atoms with Gasteiger partial charge in [-0.1, -0.05) is 59.8 Å². The van der Waals surface area contributed by atoms with E-state index in [2.05, 4.69) is 0 Å². The Kier molecular flexibility index (Phi) is 4.61. The van der Waals surface area contributed by atoms with Gasteiger partial charge in [-0.05, 0) is 35.9 Å². The molecule has 0 N–H and O–H groups in total. The molecule has 1 aliphatic heterocycles. The van der Waals surface area contributed by atoms with Crippen LogP contribution in [0.2, 0.25) is 5.02 Å². The molecule has 1 saturated heterocycles. The molecule has 1 aliphatic rings. The molecule has 0 spiro atoms. The zero-order valence-electron chi connectivity index (χ0n) is 11.7. The van der Waals surface area contributed by atoms with Gasteiger partial charge in [0, 0.05) is 10.6 Å². The van der Waals surface area contributed by atoms with Gasteiger partial charge in [-0.3, -0.25) is 14.5 Å². The number of anilines is 1. The Morgan fingerprint density at radius 3 is 2.22 bits per heavy atom. The molecule has 1 heterocycles. The van der Waals surface area contributed by atoms with Crippen LogP contribution in [0.5, 0.6) is 0 Å². The number of rotatable bonds is 3. The largest absolute Gasteiger partial charge is 0.298 e. The third-order valence-electron chi connectivity index (χ3n) is 3.25. The minimum absolute atomic E-state index is 0.165. The number of aldehydes is 1. The quantitative estimate of drug-likeness (QED) is 0.457. The predicted octanol–water partition coefficient (Wildman–Crippen LogP) is 4.56. The third-order valence-corrected chi connectivity index (χ3v) is 4.80. The van der Waals surface area contributed by atoms with Gasteiger partial charge in [0.1, 0.15) is 6.29 Å². The number of benzene rings is 2. The second-order valence-electron chi connectivity index (χ2n) is 4.78. The van der Waals surface area contributed by atoms with Crippen LogP contribution in [-0.4, -0.2) is 16.5 Å². The number of nitrogens with zero attached hydrogens (tertiary/aromatic N) is 1. The van der Waals surface area contributed by atoms with E-state index in [1.165, 1.54) is 16.7 Å². The second kappa shape index (κ2) is 6.66. The van der Waals surface area contributed by atoms with Crippen molar-refractivity contribution in [1.82, 2.24) is 0 Å². The molecular weight excluding hydrogens is 350 g/mol. The molecule has 1 amide bonds. The van der Waals surface area contributed by atoms with E-state index in [1.54, 1.807) is 54.6 Å². The van der Waals surface area contributed by atoms with Crippen molar-refractivity contribution < 1.29 is 9.59 Å². The van der Waals surface area contributed by atoms with Crippen molar-refractivity contribution in [1.29, 1.82) is 0 Å². The number of hydrogen-bond acceptors (Lipinski definition) is 4. The van der Waals surface area contributed by atoms with Gasteiger partial charge < -0.3 is 0 Å². The first kappa shape index (κ1) is 15.9. The molecular formula is C17H10ClNO2S2. The topological polar surface area (TPSA) is 37.4 Å². The van der Waals surface area contributed by atoms with E-state index in [0.717, 1.165) is 11.8 Å². The maximum atomic E-state index is 12.6. The Hall–Kier alpha value is -1.95. The second-order valence-corrected chi connectivity index (χ2v) is 6.89. The van der Waals surface area contributed by atoms with Gasteiger partial charge >= 0.3 is 0 Å². The van der Waals surface area contributed by atoms with Crippen LogP contribution in [0.4, 0.5) is 5.69 Å². The summed E-state index contributed by atoms with van der Waals surface area (Å²) in [5.41, 5.74) is 2.12. The monoisotopic (exact) mass is 359 g/mol. The molecule has 3 nitrogen and oxygen atoms in total. The van der Waals surface area contributed by atoms with Gasteiger partial charge in [0.25, 0.3) is 5.91 Å². The molecule has 23 heavy (non-hydrogen) atoms. The maximum Gasteiger partial charge on any atom is 0.270 e. The van der Waals surface area contributed by atoms with E-state index in [0.29, 0.717) is 25.5 Å². The molecule has 0 unspecified atom stereocenters. The normalized spacial score (nSPS) is 16.2. The summed E-state index contributed by atoms with van der Waals surface area (Å²) in [6, 6.07) is 14.0. The van der Waals surface area contributed by atoms with Crippen LogP contribution in [0.15, 0.2) is 53.4 Å². The number of thioether (sulfide) groups is 1. The zero-order valence-corrected chi connectivity index (χ0v) is 14.1. The van der Waals surface area contributed by atoms with Crippen molar-refractivity contribution in [3.8, 4) is 0 Å². The van der Waals surface area contributed by atoms with Crippen LogP contribution in [0, 0.1) is 0 Å². The predicted molar refractivity (Wildman–Crippen MR) is 98.9 cm³/mol. The number of hydrogen-bond donors (Lipinski definition) is 0. The first-order valence-corrected chi connectivity index (χ1v) is 8.27. The lowest BCUT2D eigenvalue weighted by Crippen LogP contribution is -2.27. The highest BCUT2D eigenvalue weighted by Crippen LogP contribution is 2.36. The summed E-state index contributed by atoms with van der Waals surface area (Å²) < 4.78 is 0.480. The fourth-order valence-corrected chi connectivity index (χ4v) is 3.53. The minimum atomic E-state index is -0.165. The van der Waals surface area contributed by atoms with E-state index < -0.39 is 0 Å². The van der Waals surface area contributed by atoms with Gasteiger partial charge in [0.2, 0.25) is 0 Å². The summed E-state index contributed by atoms with van der Waals surface area (Å²) in [6.45, 7) is 0. The highest BCUT2D eigenvalue weighted by atomic mass is 35.5. The maximum absolute atomic E-state index is 12.6. The molecule has 3 rings (SSSR count). The fourth-order valence-electron chi connectivity index (χ4n) is 2.10. The van der Waals surface area contributed by atoms with Crippen LogP contribution in [0.3, 0.4) is 0 Å². The summed E-state index contributed by atoms with van der Waals surface area (Å²) >= 11 is 12.4. The molecule has 6 heteroatoms. The molecule has 0 atom stereocenters. The Morgan fingerprint density at radius 1 is 1.00 bits per heavy atom. The van der Waals surface area contributed by atoms with Crippen molar-refractivity contribution in [2.75, 3.05) is 4.90 Å². The average Bonchev–Trinajstić information content (AvgIpc) is 2.83. The first-order chi connectivity index (χ1) is 11.1. The minimum Gasteiger partial charge on any atom is -0.298 e. The van der Waals surface area contributed by atoms with Gasteiger partial charge in [-0.25, -0.2) is 0 Å². The van der Waals surface area contributed by atoms with E-state index >= 15 is 0 Å². The number of halogens is 1. The molecule has 1 fully saturated rings. The van der Waals surface area contributed by atoms with Crippen molar-refractivity contribution in [3.63, 3.8) is 0 Å². The number of carbonyl (C=O) groups excluding carboxylic acids is 2. The smallest absolute Gasteiger partial charge is 0.270 e. The number of amides is 1. The molecule has 0 aromatic heterocycles. The Morgan fingerprint density at radius 2 is 1.61 bits per heavy atom. The average molecular weight is 360 g/mol. The summed E-state index contributed by atoms with van der Waals surface area (Å²) in [7, 11) is 0. The highest BCUT2D eigenvalue weighted by molar-refractivity contribution is 8.27. The van der Waals surface area contributed by atoms with E-state index in [9.17, 15) is 9.59 Å². The summed E-state index contributed by atoms with van der Waals surface area (Å²) in [5.74, 6) is -0.165. The van der Waals surface area contributed by atoms with Crippen LogP contribution in [0.25, 0.3) is 6.08 Å². The SMILES string of the molecule is O=Cc1ccc(C=C2SC(=S)N(c3ccc(Cl)cc3)C2=O)cc1. The lowest BCUT2D eigenvalue weighted by Gasteiger charge is -2.14. The molecule has 0 radical (unpaired) electrons. The van der Waals surface area contributed by atoms with E-state index in [-0.39, 0.29) is 5.91 Å². The highest BCUT2D eigenvalue weighted by Gasteiger charge is 2.33. The van der Waals surface area contributed by atoms with Gasteiger partial charge in [-0.15, -0.1) is 0 Å². The standard InChI is InChI=1S/C17H10ClNO2S2/c18-13-5-7-14(8-6-13)19-16(21)15(23-17(19)22)9-11-1-3-12(10-20)4-2-11/h1-10H. The molecule has 114 valence electrons. The Balaban J connectivity index is 1.89. The summed E-state index contributed by atoms with van der Waals surface area (Å²) in [6.07, 6.45) is 2.55. The summed E-state index contributed by atoms with van der Waals surface area (Å²) in [4.78, 5) is 25.3.